The fraction of sp³-hybridized carbons (Fsp3) is 0.211. The van der Waals surface area contributed by atoms with Crippen LogP contribution in [0, 0.1) is 0 Å². The summed E-state index contributed by atoms with van der Waals surface area (Å²) < 4.78 is 65.1. The zero-order valence-electron chi connectivity index (χ0n) is 14.3. The van der Waals surface area contributed by atoms with Gasteiger partial charge >= 0.3 is 12.1 Å². The monoisotopic (exact) mass is 411 g/mol. The normalized spacial score (nSPS) is 22.3. The molecule has 0 spiro atoms. The van der Waals surface area contributed by atoms with Gasteiger partial charge in [0.1, 0.15) is 5.54 Å². The quantitative estimate of drug-likeness (QED) is 0.761. The third-order valence-corrected chi connectivity index (χ3v) is 5.67. The van der Waals surface area contributed by atoms with E-state index in [2.05, 4.69) is 4.72 Å². The fourth-order valence-corrected chi connectivity index (χ4v) is 4.24. The lowest BCUT2D eigenvalue weighted by Gasteiger charge is -2.13. The van der Waals surface area contributed by atoms with Crippen molar-refractivity contribution in [3.05, 3.63) is 76.7 Å². The van der Waals surface area contributed by atoms with Crippen LogP contribution in [0.1, 0.15) is 29.0 Å². The van der Waals surface area contributed by atoms with Gasteiger partial charge in [-0.05, 0) is 35.8 Å². The van der Waals surface area contributed by atoms with Crippen molar-refractivity contribution in [3.8, 4) is 0 Å². The van der Waals surface area contributed by atoms with Crippen molar-refractivity contribution in [2.45, 2.75) is 24.1 Å². The van der Waals surface area contributed by atoms with Crippen LogP contribution in [0.3, 0.4) is 0 Å². The highest BCUT2D eigenvalue weighted by molar-refractivity contribution is 7.92. The van der Waals surface area contributed by atoms with Gasteiger partial charge < -0.3 is 5.11 Å². The van der Waals surface area contributed by atoms with Crippen LogP contribution < -0.4 is 4.72 Å². The predicted molar refractivity (Wildman–Crippen MR) is 96.7 cm³/mol. The Morgan fingerprint density at radius 2 is 1.82 bits per heavy atom. The molecule has 0 radical (unpaired) electrons. The number of carboxylic acid groups (broad SMARTS) is 1. The standard InChI is InChI=1S/C19H16F3NO4S/c20-19(21,22)15-8-4-5-13(11-15)9-10-28(26,27)23-18(17(24)25)12-16(18)14-6-2-1-3-7-14/h1-11,16,23H,12H2,(H,24,25)/b10-9+/t16-,18+/m1/s1. The van der Waals surface area contributed by atoms with E-state index >= 15 is 0 Å². The molecule has 5 nitrogen and oxygen atoms in total. The van der Waals surface area contributed by atoms with Crippen molar-refractivity contribution in [3.63, 3.8) is 0 Å². The maximum atomic E-state index is 12.7. The fourth-order valence-electron chi connectivity index (χ4n) is 3.02. The van der Waals surface area contributed by atoms with E-state index in [0.29, 0.717) is 11.0 Å². The van der Waals surface area contributed by atoms with E-state index in [9.17, 15) is 31.5 Å². The Bertz CT molecular complexity index is 1020. The van der Waals surface area contributed by atoms with Gasteiger partial charge in [-0.2, -0.15) is 17.9 Å². The smallest absolute Gasteiger partial charge is 0.416 e. The molecule has 1 fully saturated rings. The first-order valence-electron chi connectivity index (χ1n) is 8.21. The molecule has 0 unspecified atom stereocenters. The number of carbonyl (C=O) groups is 1. The van der Waals surface area contributed by atoms with Crippen molar-refractivity contribution < 1.29 is 31.5 Å². The van der Waals surface area contributed by atoms with Crippen LogP contribution in [0.25, 0.3) is 6.08 Å². The molecule has 1 aliphatic rings. The molecule has 0 heterocycles. The van der Waals surface area contributed by atoms with Crippen molar-refractivity contribution in [2.24, 2.45) is 0 Å². The highest BCUT2D eigenvalue weighted by atomic mass is 32.2. The van der Waals surface area contributed by atoms with Crippen LogP contribution in [0.4, 0.5) is 13.2 Å². The molecule has 2 N–H and O–H groups in total. The largest absolute Gasteiger partial charge is 0.480 e. The Kier molecular flexibility index (Phi) is 5.07. The maximum absolute atomic E-state index is 12.7. The lowest BCUT2D eigenvalue weighted by atomic mass is 10.1. The Morgan fingerprint density at radius 3 is 2.43 bits per heavy atom. The van der Waals surface area contributed by atoms with Crippen molar-refractivity contribution in [2.75, 3.05) is 0 Å². The third-order valence-electron chi connectivity index (χ3n) is 4.52. The second-order valence-corrected chi connectivity index (χ2v) is 8.08. The summed E-state index contributed by atoms with van der Waals surface area (Å²) in [6, 6.07) is 12.8. The third kappa shape index (κ3) is 4.26. The molecule has 3 rings (SSSR count). The van der Waals surface area contributed by atoms with E-state index in [0.717, 1.165) is 24.3 Å². The molecule has 1 saturated carbocycles. The Morgan fingerprint density at radius 1 is 1.14 bits per heavy atom. The van der Waals surface area contributed by atoms with Gasteiger partial charge in [-0.25, -0.2) is 8.42 Å². The number of halogens is 3. The molecule has 2 aromatic carbocycles. The first kappa shape index (κ1) is 20.1. The number of hydrogen-bond acceptors (Lipinski definition) is 3. The van der Waals surface area contributed by atoms with Crippen LogP contribution in [0.5, 0.6) is 0 Å². The first-order chi connectivity index (χ1) is 13.0. The van der Waals surface area contributed by atoms with Crippen LogP contribution in [-0.4, -0.2) is 25.0 Å². The summed E-state index contributed by atoms with van der Waals surface area (Å²) in [4.78, 5) is 11.7. The second-order valence-electron chi connectivity index (χ2n) is 6.52. The van der Waals surface area contributed by atoms with Crippen LogP contribution in [-0.2, 0) is 21.0 Å². The number of carboxylic acids is 1. The highest BCUT2D eigenvalue weighted by Crippen LogP contribution is 2.52. The highest BCUT2D eigenvalue weighted by Gasteiger charge is 2.63. The zero-order chi connectivity index (χ0) is 20.6. The zero-order valence-corrected chi connectivity index (χ0v) is 15.2. The van der Waals surface area contributed by atoms with E-state index < -0.39 is 39.2 Å². The summed E-state index contributed by atoms with van der Waals surface area (Å²) in [7, 11) is -4.20. The SMILES string of the molecule is O=C(O)[C@]1(NS(=O)(=O)/C=C/c2cccc(C(F)(F)F)c2)C[C@@H]1c1ccccc1. The van der Waals surface area contributed by atoms with E-state index in [-0.39, 0.29) is 12.0 Å². The van der Waals surface area contributed by atoms with Crippen molar-refractivity contribution in [1.29, 1.82) is 0 Å². The molecule has 0 saturated heterocycles. The first-order valence-corrected chi connectivity index (χ1v) is 9.76. The maximum Gasteiger partial charge on any atom is 0.416 e. The number of rotatable bonds is 6. The summed E-state index contributed by atoms with van der Waals surface area (Å²) >= 11 is 0. The number of nitrogens with one attached hydrogen (secondary N) is 1. The van der Waals surface area contributed by atoms with Crippen LogP contribution in [0.2, 0.25) is 0 Å². The second kappa shape index (κ2) is 7.06. The lowest BCUT2D eigenvalue weighted by molar-refractivity contribution is -0.140. The minimum atomic E-state index is -4.55. The summed E-state index contributed by atoms with van der Waals surface area (Å²) in [5, 5.41) is 10.2. The molecule has 0 aliphatic heterocycles. The number of benzene rings is 2. The molecule has 28 heavy (non-hydrogen) atoms. The summed E-state index contributed by atoms with van der Waals surface area (Å²) in [5.41, 5.74) is -1.86. The molecule has 1 aliphatic carbocycles. The van der Waals surface area contributed by atoms with Gasteiger partial charge in [0, 0.05) is 11.3 Å². The van der Waals surface area contributed by atoms with Crippen LogP contribution in [0.15, 0.2) is 60.0 Å². The average molecular weight is 411 g/mol. The molecular weight excluding hydrogens is 395 g/mol. The minimum Gasteiger partial charge on any atom is -0.480 e. The van der Waals surface area contributed by atoms with Gasteiger partial charge in [-0.15, -0.1) is 0 Å². The van der Waals surface area contributed by atoms with E-state index in [1.54, 1.807) is 30.3 Å². The predicted octanol–water partition coefficient (Wildman–Crippen LogP) is 3.61. The van der Waals surface area contributed by atoms with Gasteiger partial charge in [0.2, 0.25) is 10.0 Å². The molecule has 0 amide bonds. The van der Waals surface area contributed by atoms with Gasteiger partial charge in [-0.1, -0.05) is 42.5 Å². The number of sulfonamides is 1. The molecule has 148 valence electrons. The molecule has 0 aromatic heterocycles. The molecule has 0 bridgehead atoms. The van der Waals surface area contributed by atoms with E-state index in [1.807, 2.05) is 0 Å². The average Bonchev–Trinajstić information content (AvgIpc) is 3.35. The van der Waals surface area contributed by atoms with Gasteiger partial charge in [-0.3, -0.25) is 4.79 Å². The van der Waals surface area contributed by atoms with E-state index in [4.69, 9.17) is 0 Å². The van der Waals surface area contributed by atoms with Gasteiger partial charge in [0.05, 0.1) is 5.56 Å². The summed E-state index contributed by atoms with van der Waals surface area (Å²) in [6.07, 6.45) is -3.47. The molecule has 9 heteroatoms. The van der Waals surface area contributed by atoms with Gasteiger partial charge in [0.15, 0.2) is 0 Å². The lowest BCUT2D eigenvalue weighted by Crippen LogP contribution is -2.43. The number of hydrogen-bond donors (Lipinski definition) is 2. The molecule has 2 aromatic rings. The summed E-state index contributed by atoms with van der Waals surface area (Å²) in [6.45, 7) is 0. The van der Waals surface area contributed by atoms with Crippen molar-refractivity contribution >= 4 is 22.1 Å². The minimum absolute atomic E-state index is 0.0278. The molecular formula is C19H16F3NO4S. The summed E-state index contributed by atoms with van der Waals surface area (Å²) in [5.74, 6) is -1.83. The topological polar surface area (TPSA) is 83.5 Å². The Labute approximate surface area is 159 Å². The Balaban J connectivity index is 1.80. The van der Waals surface area contributed by atoms with E-state index in [1.165, 1.54) is 6.07 Å². The number of alkyl halides is 3. The van der Waals surface area contributed by atoms with Gasteiger partial charge in [0.25, 0.3) is 0 Å². The Hall–Kier alpha value is -2.65. The number of aliphatic carboxylic acids is 1. The van der Waals surface area contributed by atoms with Crippen molar-refractivity contribution in [1.82, 2.24) is 4.72 Å². The van der Waals surface area contributed by atoms with Crippen LogP contribution >= 0.6 is 0 Å². The molecule has 2 atom stereocenters.